The Kier molecular flexibility index (Phi) is 6.11. The maximum atomic E-state index is 12.3. The minimum absolute atomic E-state index is 0.0223. The van der Waals surface area contributed by atoms with Crippen LogP contribution in [0.3, 0.4) is 0 Å². The smallest absolute Gasteiger partial charge is 0.220 e. The normalized spacial score (nSPS) is 20.9. The highest BCUT2D eigenvalue weighted by atomic mass is 32.2. The molecule has 0 radical (unpaired) electrons. The quantitative estimate of drug-likeness (QED) is 0.725. The average Bonchev–Trinajstić information content (AvgIpc) is 3.37. The van der Waals surface area contributed by atoms with Gasteiger partial charge in [0.05, 0.1) is 5.75 Å². The van der Waals surface area contributed by atoms with Crippen molar-refractivity contribution in [1.82, 2.24) is 10.2 Å². The lowest BCUT2D eigenvalue weighted by Crippen LogP contribution is -2.52. The Morgan fingerprint density at radius 1 is 1.15 bits per heavy atom. The number of sulfone groups is 1. The molecule has 1 aliphatic carbocycles. The van der Waals surface area contributed by atoms with Crippen molar-refractivity contribution >= 4 is 21.4 Å². The van der Waals surface area contributed by atoms with E-state index in [1.54, 1.807) is 0 Å². The lowest BCUT2D eigenvalue weighted by atomic mass is 10.1. The van der Waals surface area contributed by atoms with Crippen molar-refractivity contribution in [3.05, 3.63) is 30.3 Å². The number of hydrogen-bond donors (Lipinski definition) is 1. The third kappa shape index (κ3) is 5.94. The Morgan fingerprint density at radius 3 is 2.33 bits per heavy atom. The van der Waals surface area contributed by atoms with Gasteiger partial charge in [0.25, 0.3) is 0 Å². The van der Waals surface area contributed by atoms with Crippen LogP contribution in [0.15, 0.2) is 30.3 Å². The highest BCUT2D eigenvalue weighted by Gasteiger charge is 2.46. The predicted octanol–water partition coefficient (Wildman–Crippen LogP) is 1.53. The molecule has 0 spiro atoms. The fourth-order valence-electron chi connectivity index (χ4n) is 3.96. The molecule has 7 heteroatoms. The summed E-state index contributed by atoms with van der Waals surface area (Å²) >= 11 is 0. The third-order valence-electron chi connectivity index (χ3n) is 5.71. The summed E-state index contributed by atoms with van der Waals surface area (Å²) in [5.41, 5.74) is 0.959. The number of nitrogens with one attached hydrogen (secondary N) is 1. The Hall–Kier alpha value is -1.60. The SMILES string of the molecule is CC(CNC(=O)CC1(CS(C)(=O)=O)CC1)N1CCN(c2ccccc2)CC1. The average molecular weight is 394 g/mol. The molecular weight excluding hydrogens is 362 g/mol. The van der Waals surface area contributed by atoms with Gasteiger partial charge < -0.3 is 10.2 Å². The summed E-state index contributed by atoms with van der Waals surface area (Å²) in [5.74, 6) is 0.107. The highest BCUT2D eigenvalue weighted by Crippen LogP contribution is 2.49. The number of carbonyl (C=O) groups excluding carboxylic acids is 1. The molecule has 150 valence electrons. The van der Waals surface area contributed by atoms with Crippen LogP contribution in [0.5, 0.6) is 0 Å². The molecule has 2 fully saturated rings. The number of amides is 1. The number of benzene rings is 1. The minimum Gasteiger partial charge on any atom is -0.369 e. The van der Waals surface area contributed by atoms with Crippen molar-refractivity contribution in [3.63, 3.8) is 0 Å². The monoisotopic (exact) mass is 393 g/mol. The predicted molar refractivity (Wildman–Crippen MR) is 109 cm³/mol. The van der Waals surface area contributed by atoms with Crippen molar-refractivity contribution in [2.24, 2.45) is 5.41 Å². The molecule has 6 nitrogen and oxygen atoms in total. The third-order valence-corrected chi connectivity index (χ3v) is 6.85. The molecule has 1 heterocycles. The van der Waals surface area contributed by atoms with Crippen LogP contribution in [0.25, 0.3) is 0 Å². The van der Waals surface area contributed by atoms with E-state index in [-0.39, 0.29) is 23.1 Å². The fourth-order valence-corrected chi connectivity index (χ4v) is 5.46. The number of anilines is 1. The van der Waals surface area contributed by atoms with Crippen LogP contribution in [0, 0.1) is 5.41 Å². The Balaban J connectivity index is 1.40. The maximum absolute atomic E-state index is 12.3. The van der Waals surface area contributed by atoms with Crippen LogP contribution in [0.4, 0.5) is 5.69 Å². The molecule has 1 aromatic carbocycles. The van der Waals surface area contributed by atoms with E-state index in [9.17, 15) is 13.2 Å². The molecule has 2 aliphatic rings. The second kappa shape index (κ2) is 8.19. The van der Waals surface area contributed by atoms with E-state index in [1.165, 1.54) is 11.9 Å². The first-order chi connectivity index (χ1) is 12.8. The molecule has 3 rings (SSSR count). The van der Waals surface area contributed by atoms with Crippen molar-refractivity contribution in [3.8, 4) is 0 Å². The molecule has 0 bridgehead atoms. The van der Waals surface area contributed by atoms with Gasteiger partial charge in [-0.3, -0.25) is 9.69 Å². The van der Waals surface area contributed by atoms with E-state index in [4.69, 9.17) is 0 Å². The summed E-state index contributed by atoms with van der Waals surface area (Å²) in [5, 5.41) is 3.02. The molecule has 1 saturated carbocycles. The molecule has 1 aromatic rings. The first-order valence-corrected chi connectivity index (χ1v) is 11.8. The number of para-hydroxylation sites is 1. The van der Waals surface area contributed by atoms with Crippen molar-refractivity contribution in [2.45, 2.75) is 32.2 Å². The first kappa shape index (κ1) is 20.1. The van der Waals surface area contributed by atoms with Crippen LogP contribution in [0.2, 0.25) is 0 Å². The van der Waals surface area contributed by atoms with Crippen molar-refractivity contribution < 1.29 is 13.2 Å². The van der Waals surface area contributed by atoms with Crippen LogP contribution < -0.4 is 10.2 Å². The number of piperazine rings is 1. The van der Waals surface area contributed by atoms with E-state index in [0.717, 1.165) is 39.0 Å². The largest absolute Gasteiger partial charge is 0.369 e. The standard InChI is InChI=1S/C20H31N3O3S/c1-17(15-21-19(24)14-20(8-9-20)16-27(2,25)26)22-10-12-23(13-11-22)18-6-4-3-5-7-18/h3-7,17H,8-16H2,1-2H3,(H,21,24). The second-order valence-corrected chi connectivity index (χ2v) is 10.4. The Labute approximate surface area is 162 Å². The summed E-state index contributed by atoms with van der Waals surface area (Å²) in [4.78, 5) is 17.1. The van der Waals surface area contributed by atoms with Crippen LogP contribution in [-0.2, 0) is 14.6 Å². The Bertz CT molecular complexity index is 739. The summed E-state index contributed by atoms with van der Waals surface area (Å²) in [6.45, 7) is 6.68. The molecule has 1 aliphatic heterocycles. The lowest BCUT2D eigenvalue weighted by molar-refractivity contribution is -0.122. The van der Waals surface area contributed by atoms with Gasteiger partial charge in [0.2, 0.25) is 5.91 Å². The summed E-state index contributed by atoms with van der Waals surface area (Å²) < 4.78 is 23.1. The summed E-state index contributed by atoms with van der Waals surface area (Å²) in [7, 11) is -3.03. The van der Waals surface area contributed by atoms with Gasteiger partial charge in [-0.1, -0.05) is 18.2 Å². The van der Waals surface area contributed by atoms with Crippen LogP contribution in [-0.4, -0.2) is 70.0 Å². The number of hydrogen-bond acceptors (Lipinski definition) is 5. The minimum atomic E-state index is -3.03. The van der Waals surface area contributed by atoms with Gasteiger partial charge in [-0.25, -0.2) is 8.42 Å². The molecule has 1 unspecified atom stereocenters. The van der Waals surface area contributed by atoms with Gasteiger partial charge in [-0.05, 0) is 37.3 Å². The topological polar surface area (TPSA) is 69.7 Å². The highest BCUT2D eigenvalue weighted by molar-refractivity contribution is 7.90. The first-order valence-electron chi connectivity index (χ1n) is 9.75. The Morgan fingerprint density at radius 2 is 1.78 bits per heavy atom. The summed E-state index contributed by atoms with van der Waals surface area (Å²) in [6.07, 6.45) is 3.26. The zero-order chi connectivity index (χ0) is 19.5. The van der Waals surface area contributed by atoms with Gasteiger partial charge in [0, 0.05) is 57.1 Å². The van der Waals surface area contributed by atoms with Gasteiger partial charge in [-0.15, -0.1) is 0 Å². The van der Waals surface area contributed by atoms with E-state index in [0.29, 0.717) is 13.0 Å². The van der Waals surface area contributed by atoms with Gasteiger partial charge in [0.1, 0.15) is 9.84 Å². The van der Waals surface area contributed by atoms with E-state index in [2.05, 4.69) is 46.3 Å². The van der Waals surface area contributed by atoms with Crippen LogP contribution in [0.1, 0.15) is 26.2 Å². The maximum Gasteiger partial charge on any atom is 0.220 e. The molecule has 1 amide bonds. The molecule has 27 heavy (non-hydrogen) atoms. The molecule has 0 aromatic heterocycles. The van der Waals surface area contributed by atoms with E-state index >= 15 is 0 Å². The van der Waals surface area contributed by atoms with E-state index in [1.807, 2.05) is 6.07 Å². The number of carbonyl (C=O) groups is 1. The molecule has 1 saturated heterocycles. The lowest BCUT2D eigenvalue weighted by Gasteiger charge is -2.39. The molecule has 1 atom stereocenters. The number of rotatable bonds is 8. The van der Waals surface area contributed by atoms with Gasteiger partial charge in [0.15, 0.2) is 0 Å². The fraction of sp³-hybridized carbons (Fsp3) is 0.650. The van der Waals surface area contributed by atoms with Crippen molar-refractivity contribution in [1.29, 1.82) is 0 Å². The van der Waals surface area contributed by atoms with Crippen molar-refractivity contribution in [2.75, 3.05) is 49.6 Å². The van der Waals surface area contributed by atoms with Crippen LogP contribution >= 0.6 is 0 Å². The summed E-state index contributed by atoms with van der Waals surface area (Å²) in [6, 6.07) is 10.7. The molecular formula is C20H31N3O3S. The zero-order valence-electron chi connectivity index (χ0n) is 16.4. The number of nitrogens with zero attached hydrogens (tertiary/aromatic N) is 2. The second-order valence-electron chi connectivity index (χ2n) is 8.26. The van der Waals surface area contributed by atoms with Gasteiger partial charge in [-0.2, -0.15) is 0 Å². The van der Waals surface area contributed by atoms with Gasteiger partial charge >= 0.3 is 0 Å². The zero-order valence-corrected chi connectivity index (χ0v) is 17.2. The van der Waals surface area contributed by atoms with E-state index < -0.39 is 9.84 Å². The molecule has 1 N–H and O–H groups in total.